The maximum atomic E-state index is 2.51. The molecular formula is C20H45P. The summed E-state index contributed by atoms with van der Waals surface area (Å²) in [4.78, 5) is 0. The van der Waals surface area contributed by atoms with E-state index in [2.05, 4.69) is 27.7 Å². The van der Waals surface area contributed by atoms with Crippen LogP contribution >= 0.6 is 7.26 Å². The van der Waals surface area contributed by atoms with Gasteiger partial charge in [0.05, 0.1) is 0 Å². The van der Waals surface area contributed by atoms with Crippen LogP contribution in [0.4, 0.5) is 0 Å². The van der Waals surface area contributed by atoms with Crippen LogP contribution in [0.15, 0.2) is 0 Å². The van der Waals surface area contributed by atoms with Gasteiger partial charge in [-0.15, -0.1) is 0 Å². The zero-order chi connectivity index (χ0) is 15.8. The molecule has 0 atom stereocenters. The first kappa shape index (κ1) is 21.4. The number of rotatable bonds is 16. The summed E-state index contributed by atoms with van der Waals surface area (Å²) < 4.78 is 0. The molecule has 0 saturated carbocycles. The van der Waals surface area contributed by atoms with Crippen molar-refractivity contribution >= 4 is 7.26 Å². The first-order chi connectivity index (χ1) is 10.2. The summed E-state index contributed by atoms with van der Waals surface area (Å²) in [7, 11) is -0.909. The van der Waals surface area contributed by atoms with Crippen LogP contribution in [0.1, 0.15) is 105 Å². The molecule has 0 aromatic rings. The van der Waals surface area contributed by atoms with E-state index in [0.717, 1.165) is 0 Å². The molecule has 0 heterocycles. The van der Waals surface area contributed by atoms with Gasteiger partial charge < -0.3 is 0 Å². The SMILES string of the molecule is CCCCCCCC[PH](CC)(CCCC)CCCCCC. The molecule has 0 aliphatic rings. The van der Waals surface area contributed by atoms with Gasteiger partial charge in [-0.25, -0.2) is 0 Å². The molecule has 130 valence electrons. The molecule has 0 aliphatic carbocycles. The second-order valence-electron chi connectivity index (χ2n) is 7.29. The second-order valence-corrected chi connectivity index (χ2v) is 12.5. The van der Waals surface area contributed by atoms with Crippen molar-refractivity contribution in [3.05, 3.63) is 0 Å². The summed E-state index contributed by atoms with van der Waals surface area (Å²) in [6, 6.07) is 0. The topological polar surface area (TPSA) is 0 Å². The normalized spacial score (nSPS) is 12.8. The Balaban J connectivity index is 4.08. The van der Waals surface area contributed by atoms with Crippen molar-refractivity contribution in [2.75, 3.05) is 24.6 Å². The van der Waals surface area contributed by atoms with E-state index >= 15 is 0 Å². The van der Waals surface area contributed by atoms with Crippen LogP contribution in [-0.2, 0) is 0 Å². The van der Waals surface area contributed by atoms with Crippen molar-refractivity contribution in [1.29, 1.82) is 0 Å². The van der Waals surface area contributed by atoms with Gasteiger partial charge in [-0.3, -0.25) is 0 Å². The van der Waals surface area contributed by atoms with Gasteiger partial charge in [0.15, 0.2) is 0 Å². The third-order valence-electron chi connectivity index (χ3n) is 5.43. The molecule has 0 N–H and O–H groups in total. The van der Waals surface area contributed by atoms with E-state index in [4.69, 9.17) is 0 Å². The maximum absolute atomic E-state index is 2.51. The van der Waals surface area contributed by atoms with E-state index in [9.17, 15) is 0 Å². The van der Waals surface area contributed by atoms with Crippen LogP contribution in [-0.4, -0.2) is 24.6 Å². The van der Waals surface area contributed by atoms with Gasteiger partial charge in [0.1, 0.15) is 0 Å². The second kappa shape index (κ2) is 15.3. The third kappa shape index (κ3) is 11.6. The number of hydrogen-bond donors (Lipinski definition) is 0. The van der Waals surface area contributed by atoms with Gasteiger partial charge in [0.2, 0.25) is 0 Å². The first-order valence-electron chi connectivity index (χ1n) is 10.2. The Morgan fingerprint density at radius 2 is 0.810 bits per heavy atom. The van der Waals surface area contributed by atoms with Crippen LogP contribution in [0, 0.1) is 0 Å². The molecule has 0 fully saturated rings. The van der Waals surface area contributed by atoms with Crippen molar-refractivity contribution in [1.82, 2.24) is 0 Å². The Labute approximate surface area is 137 Å². The fourth-order valence-corrected chi connectivity index (χ4v) is 8.58. The molecule has 0 rings (SSSR count). The minimum atomic E-state index is -0.909. The van der Waals surface area contributed by atoms with E-state index in [1.54, 1.807) is 31.1 Å². The summed E-state index contributed by atoms with van der Waals surface area (Å²) in [5.41, 5.74) is 0. The fraction of sp³-hybridized carbons (Fsp3) is 1.00. The van der Waals surface area contributed by atoms with Crippen molar-refractivity contribution in [3.63, 3.8) is 0 Å². The Hall–Kier alpha value is 0.430. The van der Waals surface area contributed by atoms with E-state index in [1.165, 1.54) is 70.6 Å². The Morgan fingerprint density at radius 3 is 1.29 bits per heavy atom. The zero-order valence-corrected chi connectivity index (χ0v) is 16.8. The zero-order valence-electron chi connectivity index (χ0n) is 15.8. The molecule has 0 unspecified atom stereocenters. The van der Waals surface area contributed by atoms with Crippen LogP contribution < -0.4 is 0 Å². The molecule has 0 amide bonds. The predicted octanol–water partition coefficient (Wildman–Crippen LogP) is 7.50. The Bertz CT molecular complexity index is 202. The quantitative estimate of drug-likeness (QED) is 0.204. The first-order valence-corrected chi connectivity index (χ1v) is 13.1. The number of unbranched alkanes of at least 4 members (excludes halogenated alkanes) is 9. The van der Waals surface area contributed by atoms with Crippen LogP contribution in [0.5, 0.6) is 0 Å². The van der Waals surface area contributed by atoms with Gasteiger partial charge in [0, 0.05) is 0 Å². The summed E-state index contributed by atoms with van der Waals surface area (Å²) in [5, 5.41) is 0. The molecule has 0 aromatic heterocycles. The van der Waals surface area contributed by atoms with Crippen LogP contribution in [0.25, 0.3) is 0 Å². The van der Waals surface area contributed by atoms with Gasteiger partial charge in [0.25, 0.3) is 0 Å². The third-order valence-corrected chi connectivity index (χ3v) is 11.2. The van der Waals surface area contributed by atoms with Crippen LogP contribution in [0.2, 0.25) is 0 Å². The van der Waals surface area contributed by atoms with Crippen molar-refractivity contribution in [3.8, 4) is 0 Å². The molecular weight excluding hydrogens is 271 g/mol. The predicted molar refractivity (Wildman–Crippen MR) is 106 cm³/mol. The van der Waals surface area contributed by atoms with E-state index in [1.807, 2.05) is 0 Å². The monoisotopic (exact) mass is 316 g/mol. The molecule has 0 saturated heterocycles. The molecule has 0 aliphatic heterocycles. The molecule has 0 aromatic carbocycles. The summed E-state index contributed by atoms with van der Waals surface area (Å²) in [6.07, 6.45) is 24.1. The average molecular weight is 317 g/mol. The van der Waals surface area contributed by atoms with Gasteiger partial charge in [-0.05, 0) is 0 Å². The molecule has 1 heteroatoms. The van der Waals surface area contributed by atoms with Crippen LogP contribution in [0.3, 0.4) is 0 Å². The fourth-order valence-electron chi connectivity index (χ4n) is 3.66. The van der Waals surface area contributed by atoms with E-state index in [0.29, 0.717) is 0 Å². The average Bonchev–Trinajstić information content (AvgIpc) is 2.52. The van der Waals surface area contributed by atoms with Crippen molar-refractivity contribution in [2.45, 2.75) is 105 Å². The minimum absolute atomic E-state index is 0.909. The standard InChI is InChI=1S/C20H45P/c1-5-9-12-14-15-17-20-21(8-4,18-11-7-3)19-16-13-10-6-2/h21H,5-20H2,1-4H3. The number of hydrogen-bond acceptors (Lipinski definition) is 0. The van der Waals surface area contributed by atoms with Crippen molar-refractivity contribution in [2.24, 2.45) is 0 Å². The molecule has 0 spiro atoms. The van der Waals surface area contributed by atoms with Crippen molar-refractivity contribution < 1.29 is 0 Å². The summed E-state index contributed by atoms with van der Waals surface area (Å²) in [5.74, 6) is 0. The van der Waals surface area contributed by atoms with E-state index < -0.39 is 7.26 Å². The summed E-state index contributed by atoms with van der Waals surface area (Å²) >= 11 is 0. The Kier molecular flexibility index (Phi) is 15.6. The molecule has 21 heavy (non-hydrogen) atoms. The Morgan fingerprint density at radius 1 is 0.429 bits per heavy atom. The van der Waals surface area contributed by atoms with E-state index in [-0.39, 0.29) is 0 Å². The van der Waals surface area contributed by atoms with Gasteiger partial charge in [-0.2, -0.15) is 0 Å². The molecule has 0 bridgehead atoms. The summed E-state index contributed by atoms with van der Waals surface area (Å²) in [6.45, 7) is 9.53. The van der Waals surface area contributed by atoms with Gasteiger partial charge in [-0.1, -0.05) is 0 Å². The molecule has 0 radical (unpaired) electrons. The molecule has 0 nitrogen and oxygen atoms in total. The van der Waals surface area contributed by atoms with Gasteiger partial charge >= 0.3 is 137 Å².